The average Bonchev–Trinajstić information content (AvgIpc) is 2.96. The Kier molecular flexibility index (Phi) is 2.18. The molecule has 4 heteroatoms. The summed E-state index contributed by atoms with van der Waals surface area (Å²) in [4.78, 5) is 7.31. The van der Waals surface area contributed by atoms with Crippen LogP contribution >= 0.6 is 0 Å². The highest BCUT2D eigenvalue weighted by atomic mass is 16.5. The molecule has 3 saturated heterocycles. The van der Waals surface area contributed by atoms with Crippen molar-refractivity contribution in [2.24, 2.45) is 5.92 Å². The van der Waals surface area contributed by atoms with Gasteiger partial charge in [-0.25, -0.2) is 0 Å². The van der Waals surface area contributed by atoms with Crippen LogP contribution in [0.5, 0.6) is 6.01 Å². The van der Waals surface area contributed by atoms with Crippen LogP contribution in [0.1, 0.15) is 24.0 Å². The Labute approximate surface area is 124 Å². The number of aryl methyl sites for hydroxylation is 2. The summed E-state index contributed by atoms with van der Waals surface area (Å²) in [5, 5.41) is 0. The topological polar surface area (TPSA) is 30.3 Å². The van der Waals surface area contributed by atoms with Gasteiger partial charge in [-0.1, -0.05) is 0 Å². The number of rotatable bonds is 0. The number of hydrogen-bond acceptors (Lipinski definition) is 3. The molecule has 1 atom stereocenters. The van der Waals surface area contributed by atoms with Gasteiger partial charge in [-0.3, -0.25) is 9.47 Å². The van der Waals surface area contributed by atoms with E-state index in [1.165, 1.54) is 42.6 Å². The van der Waals surface area contributed by atoms with Crippen molar-refractivity contribution >= 4 is 11.0 Å². The molecule has 1 spiro atoms. The lowest BCUT2D eigenvalue weighted by molar-refractivity contribution is -0.0832. The van der Waals surface area contributed by atoms with Crippen molar-refractivity contribution in [1.82, 2.24) is 14.5 Å². The third-order valence-electron chi connectivity index (χ3n) is 5.87. The standard InChI is InChI=1S/C17H21N3O/c1-11-7-14-15(8-12(11)2)20-10-17(21-16(20)18-14)9-19-5-3-13(17)4-6-19/h7-8,13H,3-6,9-10H2,1-2H3/t17-/m0/s1. The maximum Gasteiger partial charge on any atom is 0.298 e. The van der Waals surface area contributed by atoms with Gasteiger partial charge in [0.25, 0.3) is 6.01 Å². The summed E-state index contributed by atoms with van der Waals surface area (Å²) < 4.78 is 8.75. The number of hydrogen-bond donors (Lipinski definition) is 0. The lowest BCUT2D eigenvalue weighted by atomic mass is 9.75. The molecule has 1 aromatic heterocycles. The quantitative estimate of drug-likeness (QED) is 0.744. The first-order chi connectivity index (χ1) is 10.1. The van der Waals surface area contributed by atoms with E-state index in [0.717, 1.165) is 24.6 Å². The predicted octanol–water partition coefficient (Wildman–Crippen LogP) is 2.51. The molecule has 0 unspecified atom stereocenters. The fraction of sp³-hybridized carbons (Fsp3) is 0.588. The summed E-state index contributed by atoms with van der Waals surface area (Å²) in [6.45, 7) is 8.87. The van der Waals surface area contributed by atoms with E-state index in [1.807, 2.05) is 0 Å². The summed E-state index contributed by atoms with van der Waals surface area (Å²) >= 11 is 0. The number of aromatic nitrogens is 2. The number of fused-ring (bicyclic) bond motifs is 5. The molecule has 110 valence electrons. The third-order valence-corrected chi connectivity index (χ3v) is 5.87. The zero-order valence-corrected chi connectivity index (χ0v) is 12.7. The lowest BCUT2D eigenvalue weighted by Crippen LogP contribution is -2.61. The number of nitrogens with zero attached hydrogens (tertiary/aromatic N) is 3. The fourth-order valence-electron chi connectivity index (χ4n) is 4.49. The average molecular weight is 283 g/mol. The van der Waals surface area contributed by atoms with Crippen LogP contribution < -0.4 is 4.74 Å². The van der Waals surface area contributed by atoms with Gasteiger partial charge in [-0.15, -0.1) is 0 Å². The van der Waals surface area contributed by atoms with Crippen LogP contribution in [0.15, 0.2) is 12.1 Å². The Bertz CT molecular complexity index is 742. The molecule has 0 aliphatic carbocycles. The number of ether oxygens (including phenoxy) is 1. The van der Waals surface area contributed by atoms with Crippen LogP contribution in [-0.2, 0) is 6.54 Å². The van der Waals surface area contributed by atoms with Gasteiger partial charge < -0.3 is 4.74 Å². The highest BCUT2D eigenvalue weighted by molar-refractivity contribution is 5.79. The van der Waals surface area contributed by atoms with Gasteiger partial charge in [-0.2, -0.15) is 4.98 Å². The van der Waals surface area contributed by atoms with Crippen molar-refractivity contribution in [3.8, 4) is 6.01 Å². The fourth-order valence-corrected chi connectivity index (χ4v) is 4.49. The van der Waals surface area contributed by atoms with E-state index < -0.39 is 0 Å². The zero-order valence-electron chi connectivity index (χ0n) is 12.7. The first-order valence-corrected chi connectivity index (χ1v) is 8.03. The van der Waals surface area contributed by atoms with Crippen molar-refractivity contribution in [1.29, 1.82) is 0 Å². The van der Waals surface area contributed by atoms with Crippen LogP contribution in [0.3, 0.4) is 0 Å². The molecule has 3 fully saturated rings. The Balaban J connectivity index is 1.61. The van der Waals surface area contributed by atoms with Crippen molar-refractivity contribution in [2.75, 3.05) is 19.6 Å². The Hall–Kier alpha value is -1.55. The van der Waals surface area contributed by atoms with E-state index >= 15 is 0 Å². The van der Waals surface area contributed by atoms with Crippen LogP contribution in [0.25, 0.3) is 11.0 Å². The molecular weight excluding hydrogens is 262 g/mol. The molecule has 0 amide bonds. The Morgan fingerprint density at radius 2 is 1.90 bits per heavy atom. The van der Waals surface area contributed by atoms with Crippen LogP contribution in [0, 0.1) is 19.8 Å². The minimum absolute atomic E-state index is 0.00812. The van der Waals surface area contributed by atoms with E-state index in [4.69, 9.17) is 9.72 Å². The van der Waals surface area contributed by atoms with E-state index in [-0.39, 0.29) is 5.60 Å². The van der Waals surface area contributed by atoms with E-state index in [2.05, 4.69) is 35.4 Å². The molecular formula is C17H21N3O. The smallest absolute Gasteiger partial charge is 0.298 e. The molecule has 0 N–H and O–H groups in total. The van der Waals surface area contributed by atoms with Crippen LogP contribution in [-0.4, -0.2) is 39.7 Å². The number of imidazole rings is 1. The van der Waals surface area contributed by atoms with E-state index in [0.29, 0.717) is 5.92 Å². The van der Waals surface area contributed by atoms with Gasteiger partial charge in [0.15, 0.2) is 0 Å². The second kappa shape index (κ2) is 3.80. The number of piperidine rings is 3. The van der Waals surface area contributed by atoms with Gasteiger partial charge in [-0.05, 0) is 63.0 Å². The molecule has 2 bridgehead atoms. The Morgan fingerprint density at radius 3 is 2.62 bits per heavy atom. The molecule has 21 heavy (non-hydrogen) atoms. The molecule has 2 aromatic rings. The van der Waals surface area contributed by atoms with Gasteiger partial charge in [0.1, 0.15) is 5.60 Å². The van der Waals surface area contributed by atoms with E-state index in [9.17, 15) is 0 Å². The monoisotopic (exact) mass is 283 g/mol. The van der Waals surface area contributed by atoms with Crippen molar-refractivity contribution < 1.29 is 4.74 Å². The maximum atomic E-state index is 6.44. The molecule has 6 rings (SSSR count). The molecule has 5 heterocycles. The number of benzene rings is 1. The molecule has 0 radical (unpaired) electrons. The van der Waals surface area contributed by atoms with Gasteiger partial charge >= 0.3 is 0 Å². The van der Waals surface area contributed by atoms with Gasteiger partial charge in [0.05, 0.1) is 17.6 Å². The second-order valence-corrected chi connectivity index (χ2v) is 7.12. The van der Waals surface area contributed by atoms with Crippen molar-refractivity contribution in [3.05, 3.63) is 23.3 Å². The Morgan fingerprint density at radius 1 is 1.14 bits per heavy atom. The third kappa shape index (κ3) is 1.51. The van der Waals surface area contributed by atoms with E-state index in [1.54, 1.807) is 0 Å². The maximum absolute atomic E-state index is 6.44. The first kappa shape index (κ1) is 12.0. The summed E-state index contributed by atoms with van der Waals surface area (Å²) in [6.07, 6.45) is 2.56. The van der Waals surface area contributed by atoms with Gasteiger partial charge in [0, 0.05) is 12.5 Å². The second-order valence-electron chi connectivity index (χ2n) is 7.12. The molecule has 0 saturated carbocycles. The molecule has 1 aromatic carbocycles. The van der Waals surface area contributed by atoms with Gasteiger partial charge in [0.2, 0.25) is 0 Å². The van der Waals surface area contributed by atoms with Crippen LogP contribution in [0.2, 0.25) is 0 Å². The normalized spacial score (nSPS) is 33.6. The summed E-state index contributed by atoms with van der Waals surface area (Å²) in [7, 11) is 0. The molecule has 4 aliphatic rings. The molecule has 4 nitrogen and oxygen atoms in total. The largest absolute Gasteiger partial charge is 0.454 e. The summed E-state index contributed by atoms with van der Waals surface area (Å²) in [5.41, 5.74) is 4.94. The minimum atomic E-state index is -0.00812. The minimum Gasteiger partial charge on any atom is -0.454 e. The van der Waals surface area contributed by atoms with Crippen LogP contribution in [0.4, 0.5) is 0 Å². The summed E-state index contributed by atoms with van der Waals surface area (Å²) in [5.74, 6) is 0.700. The molecule has 4 aliphatic heterocycles. The SMILES string of the molecule is Cc1cc2nc3n(c2cc1C)C[C@]1(CN2CCC1CC2)O3. The first-order valence-electron chi connectivity index (χ1n) is 8.03. The lowest BCUT2D eigenvalue weighted by Gasteiger charge is -2.50. The van der Waals surface area contributed by atoms with Crippen molar-refractivity contribution in [3.63, 3.8) is 0 Å². The highest BCUT2D eigenvalue weighted by Gasteiger charge is 2.53. The predicted molar refractivity (Wildman–Crippen MR) is 81.7 cm³/mol. The highest BCUT2D eigenvalue weighted by Crippen LogP contribution is 2.45. The van der Waals surface area contributed by atoms with Crippen molar-refractivity contribution in [2.45, 2.75) is 38.8 Å². The zero-order chi connectivity index (χ0) is 14.2. The summed E-state index contributed by atoms with van der Waals surface area (Å²) in [6, 6.07) is 5.29.